The Morgan fingerprint density at radius 1 is 1.45 bits per heavy atom. The minimum atomic E-state index is 1.19. The Morgan fingerprint density at radius 2 is 2.09 bits per heavy atom. The van der Waals surface area contributed by atoms with Gasteiger partial charge < -0.3 is 0 Å². The minimum absolute atomic E-state index is 1.19. The van der Waals surface area contributed by atoms with Crippen LogP contribution in [-0.2, 0) is 6.42 Å². The van der Waals surface area contributed by atoms with E-state index in [4.69, 9.17) is 0 Å². The molecule has 0 aromatic carbocycles. The summed E-state index contributed by atoms with van der Waals surface area (Å²) < 4.78 is 0. The van der Waals surface area contributed by atoms with Gasteiger partial charge in [-0.1, -0.05) is 27.2 Å². The van der Waals surface area contributed by atoms with Crippen LogP contribution in [0.2, 0.25) is 0 Å². The van der Waals surface area contributed by atoms with Crippen molar-refractivity contribution < 1.29 is 0 Å². The quantitative estimate of drug-likeness (QED) is 0.664. The molecule has 0 spiro atoms. The number of aromatic nitrogens is 1. The van der Waals surface area contributed by atoms with Crippen molar-refractivity contribution >= 4 is 11.3 Å². The van der Waals surface area contributed by atoms with Crippen LogP contribution >= 0.6 is 11.3 Å². The van der Waals surface area contributed by atoms with Crippen molar-refractivity contribution in [2.75, 3.05) is 0 Å². The summed E-state index contributed by atoms with van der Waals surface area (Å²) >= 11 is 1.76. The Kier molecular flexibility index (Phi) is 6.13. The first-order chi connectivity index (χ1) is 5.34. The summed E-state index contributed by atoms with van der Waals surface area (Å²) in [4.78, 5) is 5.60. The summed E-state index contributed by atoms with van der Waals surface area (Å²) in [5.41, 5.74) is 3.13. The Hall–Kier alpha value is -0.370. The van der Waals surface area contributed by atoms with Gasteiger partial charge in [0, 0.05) is 4.88 Å². The van der Waals surface area contributed by atoms with E-state index in [2.05, 4.69) is 18.8 Å². The van der Waals surface area contributed by atoms with Crippen LogP contribution in [0.1, 0.15) is 37.8 Å². The van der Waals surface area contributed by atoms with E-state index in [1.165, 1.54) is 23.4 Å². The smallest absolute Gasteiger partial charge is 0.0797 e. The third-order valence-corrected chi connectivity index (χ3v) is 2.32. The van der Waals surface area contributed by atoms with Gasteiger partial charge in [-0.25, -0.2) is 4.98 Å². The Balaban J connectivity index is 0.000000461. The number of thiazole rings is 1. The molecule has 0 fully saturated rings. The lowest BCUT2D eigenvalue weighted by molar-refractivity contribution is 0.925. The average Bonchev–Trinajstić information content (AvgIpc) is 2.42. The van der Waals surface area contributed by atoms with Crippen molar-refractivity contribution in [2.45, 2.75) is 40.5 Å². The highest BCUT2D eigenvalue weighted by Crippen LogP contribution is 2.13. The lowest BCUT2D eigenvalue weighted by atomic mass is 10.2. The molecule has 1 heterocycles. The van der Waals surface area contributed by atoms with E-state index in [9.17, 15) is 0 Å². The van der Waals surface area contributed by atoms with Crippen molar-refractivity contribution in [3.63, 3.8) is 0 Å². The van der Waals surface area contributed by atoms with Crippen LogP contribution in [-0.4, -0.2) is 4.98 Å². The topological polar surface area (TPSA) is 12.9 Å². The van der Waals surface area contributed by atoms with Crippen LogP contribution in [0.4, 0.5) is 0 Å². The maximum Gasteiger partial charge on any atom is 0.0797 e. The third-order valence-electron chi connectivity index (χ3n) is 1.32. The molecule has 0 aliphatic carbocycles. The number of rotatable bonds is 2. The molecule has 1 nitrogen and oxygen atoms in total. The molecule has 1 aromatic heterocycles. The Bertz CT molecular complexity index is 181. The minimum Gasteiger partial charge on any atom is -0.250 e. The van der Waals surface area contributed by atoms with Gasteiger partial charge in [0.2, 0.25) is 0 Å². The van der Waals surface area contributed by atoms with Crippen molar-refractivity contribution in [3.05, 3.63) is 16.1 Å². The van der Waals surface area contributed by atoms with Crippen molar-refractivity contribution in [3.8, 4) is 0 Å². The second-order valence-corrected chi connectivity index (χ2v) is 3.05. The summed E-state index contributed by atoms with van der Waals surface area (Å²) in [6.07, 6.45) is 2.42. The van der Waals surface area contributed by atoms with Crippen molar-refractivity contribution in [1.29, 1.82) is 0 Å². The zero-order valence-corrected chi connectivity index (χ0v) is 8.66. The van der Waals surface area contributed by atoms with Crippen LogP contribution in [0.25, 0.3) is 0 Å². The van der Waals surface area contributed by atoms with Crippen LogP contribution in [0.15, 0.2) is 5.51 Å². The van der Waals surface area contributed by atoms with Gasteiger partial charge in [-0.3, -0.25) is 0 Å². The molecule has 0 N–H and O–H groups in total. The molecule has 0 aliphatic heterocycles. The van der Waals surface area contributed by atoms with Crippen LogP contribution in [0.3, 0.4) is 0 Å². The molecule has 0 unspecified atom stereocenters. The fourth-order valence-electron chi connectivity index (χ4n) is 0.793. The zero-order valence-electron chi connectivity index (χ0n) is 7.85. The molecule has 0 amide bonds. The lowest BCUT2D eigenvalue weighted by Gasteiger charge is -1.90. The molecule has 2 heteroatoms. The second kappa shape index (κ2) is 6.35. The van der Waals surface area contributed by atoms with Crippen LogP contribution < -0.4 is 0 Å². The molecule has 0 saturated heterocycles. The SMILES string of the molecule is CC.CCCc1scnc1C. The fourth-order valence-corrected chi connectivity index (χ4v) is 1.68. The van der Waals surface area contributed by atoms with E-state index < -0.39 is 0 Å². The van der Waals surface area contributed by atoms with Gasteiger partial charge in [0.15, 0.2) is 0 Å². The van der Waals surface area contributed by atoms with E-state index in [1.807, 2.05) is 19.4 Å². The highest BCUT2D eigenvalue weighted by Gasteiger charge is 1.96. The van der Waals surface area contributed by atoms with Crippen molar-refractivity contribution in [1.82, 2.24) is 4.98 Å². The normalized spacial score (nSPS) is 8.73. The third kappa shape index (κ3) is 3.51. The lowest BCUT2D eigenvalue weighted by Crippen LogP contribution is -1.80. The average molecular weight is 171 g/mol. The van der Waals surface area contributed by atoms with Crippen LogP contribution in [0, 0.1) is 6.92 Å². The maximum absolute atomic E-state index is 4.15. The molecule has 0 atom stereocenters. The zero-order chi connectivity index (χ0) is 8.69. The first kappa shape index (κ1) is 10.6. The predicted octanol–water partition coefficient (Wildman–Crippen LogP) is 3.43. The van der Waals surface area contributed by atoms with Gasteiger partial charge in [-0.05, 0) is 13.3 Å². The van der Waals surface area contributed by atoms with E-state index in [-0.39, 0.29) is 0 Å². The first-order valence-corrected chi connectivity index (χ1v) is 5.11. The highest BCUT2D eigenvalue weighted by atomic mass is 32.1. The molecule has 64 valence electrons. The van der Waals surface area contributed by atoms with E-state index >= 15 is 0 Å². The van der Waals surface area contributed by atoms with Gasteiger partial charge in [0.1, 0.15) is 0 Å². The first-order valence-electron chi connectivity index (χ1n) is 4.23. The predicted molar refractivity (Wildman–Crippen MR) is 52.2 cm³/mol. The molecule has 0 bridgehead atoms. The monoisotopic (exact) mass is 171 g/mol. The van der Waals surface area contributed by atoms with Gasteiger partial charge in [-0.15, -0.1) is 11.3 Å². The Morgan fingerprint density at radius 3 is 2.45 bits per heavy atom. The molecule has 0 radical (unpaired) electrons. The summed E-state index contributed by atoms with van der Waals surface area (Å²) in [5.74, 6) is 0. The summed E-state index contributed by atoms with van der Waals surface area (Å²) in [6, 6.07) is 0. The highest BCUT2D eigenvalue weighted by molar-refractivity contribution is 7.09. The van der Waals surface area contributed by atoms with Gasteiger partial charge in [-0.2, -0.15) is 0 Å². The fraction of sp³-hybridized carbons (Fsp3) is 0.667. The van der Waals surface area contributed by atoms with Gasteiger partial charge >= 0.3 is 0 Å². The molecule has 0 aliphatic rings. The summed E-state index contributed by atoms with van der Waals surface area (Å²) in [5, 5.41) is 0. The van der Waals surface area contributed by atoms with Crippen LogP contribution in [0.5, 0.6) is 0 Å². The molecule has 11 heavy (non-hydrogen) atoms. The molecular formula is C9H17NS. The Labute approximate surface area is 73.5 Å². The summed E-state index contributed by atoms with van der Waals surface area (Å²) in [7, 11) is 0. The molecular weight excluding hydrogens is 154 g/mol. The molecule has 1 rings (SSSR count). The number of aryl methyl sites for hydroxylation is 2. The van der Waals surface area contributed by atoms with E-state index in [0.29, 0.717) is 0 Å². The van der Waals surface area contributed by atoms with Crippen molar-refractivity contribution in [2.24, 2.45) is 0 Å². The standard InChI is InChI=1S/C7H11NS.C2H6/c1-3-4-7-6(2)8-5-9-7;1-2/h5H,3-4H2,1-2H3;1-2H3. The summed E-state index contributed by atoms with van der Waals surface area (Å²) in [6.45, 7) is 8.26. The van der Waals surface area contributed by atoms with E-state index in [1.54, 1.807) is 11.3 Å². The van der Waals surface area contributed by atoms with Gasteiger partial charge in [0.05, 0.1) is 11.2 Å². The van der Waals surface area contributed by atoms with Gasteiger partial charge in [0.25, 0.3) is 0 Å². The number of hydrogen-bond donors (Lipinski definition) is 0. The second-order valence-electron chi connectivity index (χ2n) is 2.11. The molecule has 1 aromatic rings. The maximum atomic E-state index is 4.15. The number of nitrogens with zero attached hydrogens (tertiary/aromatic N) is 1. The largest absolute Gasteiger partial charge is 0.250 e. The number of hydrogen-bond acceptors (Lipinski definition) is 2. The molecule has 0 saturated carbocycles. The van der Waals surface area contributed by atoms with E-state index in [0.717, 1.165) is 0 Å².